The molecule has 0 radical (unpaired) electrons. The molecular formula is C15H18ClFN2O2S. The Morgan fingerprint density at radius 3 is 2.27 bits per heavy atom. The molecule has 0 aliphatic carbocycles. The van der Waals surface area contributed by atoms with E-state index in [0.29, 0.717) is 18.7 Å². The van der Waals surface area contributed by atoms with Gasteiger partial charge >= 0.3 is 0 Å². The van der Waals surface area contributed by atoms with Crippen molar-refractivity contribution in [3.8, 4) is 0 Å². The van der Waals surface area contributed by atoms with Gasteiger partial charge < -0.3 is 5.32 Å². The van der Waals surface area contributed by atoms with Crippen LogP contribution >= 0.6 is 12.4 Å². The molecule has 0 aromatic heterocycles. The van der Waals surface area contributed by atoms with E-state index < -0.39 is 10.0 Å². The number of hydrogen-bond donors (Lipinski definition) is 2. The molecule has 22 heavy (non-hydrogen) atoms. The minimum atomic E-state index is -3.64. The molecule has 3 N–H and O–H groups in total. The van der Waals surface area contributed by atoms with Crippen molar-refractivity contribution < 1.29 is 12.8 Å². The first-order valence-corrected chi connectivity index (χ1v) is 8.07. The number of nitrogens with one attached hydrogen (secondary N) is 1. The van der Waals surface area contributed by atoms with Crippen LogP contribution in [-0.4, -0.2) is 15.0 Å². The largest absolute Gasteiger partial charge is 0.312 e. The minimum absolute atomic E-state index is 0. The summed E-state index contributed by atoms with van der Waals surface area (Å²) in [6.07, 6.45) is 0.722. The highest BCUT2D eigenvalue weighted by Gasteiger charge is 2.06. The van der Waals surface area contributed by atoms with Gasteiger partial charge in [0.05, 0.1) is 4.90 Å². The summed E-state index contributed by atoms with van der Waals surface area (Å²) in [4.78, 5) is 0.102. The maximum Gasteiger partial charge on any atom is 0.238 e. The Bertz CT molecular complexity index is 706. The highest BCUT2D eigenvalue weighted by molar-refractivity contribution is 7.89. The van der Waals surface area contributed by atoms with Gasteiger partial charge in [0, 0.05) is 12.1 Å². The lowest BCUT2D eigenvalue weighted by atomic mass is 10.1. The van der Waals surface area contributed by atoms with Crippen molar-refractivity contribution in [3.63, 3.8) is 0 Å². The molecule has 0 unspecified atom stereocenters. The van der Waals surface area contributed by atoms with Crippen LogP contribution in [0.25, 0.3) is 0 Å². The molecule has 2 rings (SSSR count). The Balaban J connectivity index is 0.00000242. The molecule has 7 heteroatoms. The van der Waals surface area contributed by atoms with Gasteiger partial charge in [-0.2, -0.15) is 0 Å². The first-order chi connectivity index (χ1) is 9.97. The van der Waals surface area contributed by atoms with Gasteiger partial charge in [-0.25, -0.2) is 17.9 Å². The standard InChI is InChI=1S/C15H17FN2O2S.ClH/c16-15-4-2-1-3-13(15)11-18-10-9-12-5-7-14(8-6-12)21(17,19)20;/h1-8,18H,9-11H2,(H2,17,19,20);1H. The number of rotatable bonds is 6. The summed E-state index contributed by atoms with van der Waals surface area (Å²) in [5, 5.41) is 8.18. The lowest BCUT2D eigenvalue weighted by Crippen LogP contribution is -2.17. The first-order valence-electron chi connectivity index (χ1n) is 6.53. The van der Waals surface area contributed by atoms with E-state index in [1.54, 1.807) is 30.3 Å². The molecule has 2 aromatic rings. The third-order valence-electron chi connectivity index (χ3n) is 3.12. The quantitative estimate of drug-likeness (QED) is 0.789. The van der Waals surface area contributed by atoms with Crippen LogP contribution in [0.2, 0.25) is 0 Å². The van der Waals surface area contributed by atoms with Crippen LogP contribution in [0, 0.1) is 5.82 Å². The summed E-state index contributed by atoms with van der Waals surface area (Å²) in [5.74, 6) is -0.220. The zero-order valence-electron chi connectivity index (χ0n) is 11.8. The van der Waals surface area contributed by atoms with E-state index in [2.05, 4.69) is 5.32 Å². The van der Waals surface area contributed by atoms with Gasteiger partial charge in [0.25, 0.3) is 0 Å². The smallest absolute Gasteiger partial charge is 0.238 e. The van der Waals surface area contributed by atoms with Crippen LogP contribution < -0.4 is 10.5 Å². The lowest BCUT2D eigenvalue weighted by molar-refractivity contribution is 0.588. The molecule has 2 aromatic carbocycles. The van der Waals surface area contributed by atoms with Gasteiger partial charge in [-0.05, 0) is 36.7 Å². The SMILES string of the molecule is Cl.NS(=O)(=O)c1ccc(CCNCc2ccccc2F)cc1. The molecule has 120 valence electrons. The fourth-order valence-electron chi connectivity index (χ4n) is 1.94. The van der Waals surface area contributed by atoms with Gasteiger partial charge in [-0.15, -0.1) is 12.4 Å². The van der Waals surface area contributed by atoms with E-state index in [4.69, 9.17) is 5.14 Å². The molecule has 0 fully saturated rings. The van der Waals surface area contributed by atoms with Crippen LogP contribution in [0.3, 0.4) is 0 Å². The summed E-state index contributed by atoms with van der Waals surface area (Å²) in [6.45, 7) is 1.13. The Morgan fingerprint density at radius 2 is 1.68 bits per heavy atom. The van der Waals surface area contributed by atoms with Gasteiger partial charge in [0.2, 0.25) is 10.0 Å². The summed E-state index contributed by atoms with van der Waals surface area (Å²) in [6, 6.07) is 13.1. The second-order valence-electron chi connectivity index (χ2n) is 4.71. The second-order valence-corrected chi connectivity index (χ2v) is 6.27. The zero-order valence-corrected chi connectivity index (χ0v) is 13.5. The minimum Gasteiger partial charge on any atom is -0.312 e. The topological polar surface area (TPSA) is 72.2 Å². The molecule has 0 spiro atoms. The zero-order chi connectivity index (χ0) is 15.3. The van der Waals surface area contributed by atoms with E-state index in [1.807, 2.05) is 0 Å². The molecule has 0 aliphatic rings. The number of hydrogen-bond acceptors (Lipinski definition) is 3. The van der Waals surface area contributed by atoms with Gasteiger partial charge in [0.15, 0.2) is 0 Å². The monoisotopic (exact) mass is 344 g/mol. The van der Waals surface area contributed by atoms with Crippen molar-refractivity contribution in [3.05, 3.63) is 65.5 Å². The van der Waals surface area contributed by atoms with Crippen molar-refractivity contribution in [1.29, 1.82) is 0 Å². The van der Waals surface area contributed by atoms with Gasteiger partial charge in [-0.1, -0.05) is 30.3 Å². The molecule has 0 atom stereocenters. The fourth-order valence-corrected chi connectivity index (χ4v) is 2.46. The fraction of sp³-hybridized carbons (Fsp3) is 0.200. The molecule has 0 bridgehead atoms. The second kappa shape index (κ2) is 8.24. The van der Waals surface area contributed by atoms with Crippen LogP contribution in [0.5, 0.6) is 0 Å². The highest BCUT2D eigenvalue weighted by Crippen LogP contribution is 2.09. The number of nitrogens with two attached hydrogens (primary N) is 1. The Hall–Kier alpha value is -1.47. The van der Waals surface area contributed by atoms with E-state index >= 15 is 0 Å². The van der Waals surface area contributed by atoms with Crippen molar-refractivity contribution in [2.45, 2.75) is 17.9 Å². The summed E-state index contributed by atoms with van der Waals surface area (Å²) >= 11 is 0. The van der Waals surface area contributed by atoms with E-state index in [1.165, 1.54) is 18.2 Å². The van der Waals surface area contributed by atoms with Gasteiger partial charge in [-0.3, -0.25) is 0 Å². The third kappa shape index (κ3) is 5.38. The molecular weight excluding hydrogens is 327 g/mol. The van der Waals surface area contributed by atoms with Crippen molar-refractivity contribution in [2.24, 2.45) is 5.14 Å². The Kier molecular flexibility index (Phi) is 6.96. The maximum atomic E-state index is 13.4. The highest BCUT2D eigenvalue weighted by atomic mass is 35.5. The predicted molar refractivity (Wildman–Crippen MR) is 86.9 cm³/mol. The molecule has 4 nitrogen and oxygen atoms in total. The van der Waals surface area contributed by atoms with Crippen molar-refractivity contribution in [1.82, 2.24) is 5.32 Å². The van der Waals surface area contributed by atoms with Crippen molar-refractivity contribution >= 4 is 22.4 Å². The van der Waals surface area contributed by atoms with E-state index in [-0.39, 0.29) is 23.1 Å². The maximum absolute atomic E-state index is 13.4. The van der Waals surface area contributed by atoms with Crippen LogP contribution in [0.4, 0.5) is 4.39 Å². The Morgan fingerprint density at radius 1 is 1.05 bits per heavy atom. The normalized spacial score (nSPS) is 11.0. The van der Waals surface area contributed by atoms with Crippen molar-refractivity contribution in [2.75, 3.05) is 6.54 Å². The molecule has 0 amide bonds. The molecule has 0 aliphatic heterocycles. The number of benzene rings is 2. The molecule has 0 saturated heterocycles. The van der Waals surface area contributed by atoms with Gasteiger partial charge in [0.1, 0.15) is 5.82 Å². The predicted octanol–water partition coefficient (Wildman–Crippen LogP) is 2.23. The number of primary sulfonamides is 1. The van der Waals surface area contributed by atoms with E-state index in [9.17, 15) is 12.8 Å². The van der Waals surface area contributed by atoms with Crippen LogP contribution in [0.1, 0.15) is 11.1 Å². The average Bonchev–Trinajstić information content (AvgIpc) is 2.45. The van der Waals surface area contributed by atoms with E-state index in [0.717, 1.165) is 12.0 Å². The molecule has 0 heterocycles. The summed E-state index contributed by atoms with van der Waals surface area (Å²) in [7, 11) is -3.64. The lowest BCUT2D eigenvalue weighted by Gasteiger charge is -2.06. The van der Waals surface area contributed by atoms with Crippen LogP contribution in [0.15, 0.2) is 53.4 Å². The molecule has 0 saturated carbocycles. The number of halogens is 2. The van der Waals surface area contributed by atoms with Crippen LogP contribution in [-0.2, 0) is 23.0 Å². The third-order valence-corrected chi connectivity index (χ3v) is 4.04. The Labute approximate surface area is 136 Å². The number of sulfonamides is 1. The first kappa shape index (κ1) is 18.6. The average molecular weight is 345 g/mol. The summed E-state index contributed by atoms with van der Waals surface area (Å²) < 4.78 is 35.6. The summed E-state index contributed by atoms with van der Waals surface area (Å²) in [5.41, 5.74) is 1.62.